The molecule has 1 aliphatic rings. The number of hydrogen-bond donors (Lipinski definition) is 2. The molecule has 1 saturated carbocycles. The number of alkyl halides is 3. The fraction of sp³-hybridized carbons (Fsp3) is 0.440. The molecular formula is C25H28F3N3O4. The van der Waals surface area contributed by atoms with Gasteiger partial charge < -0.3 is 24.5 Å². The number of carboxylic acids is 1. The molecule has 0 bridgehead atoms. The normalized spacial score (nSPS) is 19.9. The van der Waals surface area contributed by atoms with Crippen LogP contribution >= 0.6 is 0 Å². The second kappa shape index (κ2) is 9.31. The summed E-state index contributed by atoms with van der Waals surface area (Å²) in [6, 6.07) is 10.9. The predicted octanol–water partition coefficient (Wildman–Crippen LogP) is 6.53. The van der Waals surface area contributed by atoms with Crippen LogP contribution in [0.25, 0.3) is 11.0 Å². The summed E-state index contributed by atoms with van der Waals surface area (Å²) in [7, 11) is 0. The number of anilines is 2. The highest BCUT2D eigenvalue weighted by molar-refractivity contribution is 5.81. The summed E-state index contributed by atoms with van der Waals surface area (Å²) in [6.07, 6.45) is -1.74. The maximum Gasteiger partial charge on any atom is 0.573 e. The summed E-state index contributed by atoms with van der Waals surface area (Å²) in [4.78, 5) is 15.6. The van der Waals surface area contributed by atoms with E-state index in [1.165, 1.54) is 24.3 Å². The Bertz CT molecular complexity index is 1210. The van der Waals surface area contributed by atoms with E-state index in [-0.39, 0.29) is 17.2 Å². The van der Waals surface area contributed by atoms with Crippen molar-refractivity contribution in [2.45, 2.75) is 52.4 Å². The molecule has 4 rings (SSSR count). The highest BCUT2D eigenvalue weighted by Crippen LogP contribution is 2.46. The van der Waals surface area contributed by atoms with Crippen LogP contribution < -0.4 is 14.8 Å². The van der Waals surface area contributed by atoms with Gasteiger partial charge in [-0.1, -0.05) is 20.8 Å². The van der Waals surface area contributed by atoms with E-state index in [1.54, 1.807) is 12.1 Å². The molecule has 0 unspecified atom stereocenters. The van der Waals surface area contributed by atoms with E-state index < -0.39 is 18.9 Å². The van der Waals surface area contributed by atoms with Gasteiger partial charge >= 0.3 is 12.3 Å². The second-order valence-corrected chi connectivity index (χ2v) is 9.90. The number of hydrogen-bond acceptors (Lipinski definition) is 5. The Morgan fingerprint density at radius 3 is 2.49 bits per heavy atom. The van der Waals surface area contributed by atoms with Crippen LogP contribution in [0.3, 0.4) is 0 Å². The van der Waals surface area contributed by atoms with Crippen LogP contribution in [-0.2, 0) is 4.79 Å². The van der Waals surface area contributed by atoms with Crippen LogP contribution in [0.1, 0.15) is 46.1 Å². The standard InChI is InChI=1S/C25H28F3N3O4/c1-15-10-17(13-24(2,3)12-15)31-21-9-8-19(34-14-22(32)33)11-20(21)30-23(31)29-16-4-6-18(7-5-16)35-25(26,27)28/h4-9,11,15,17H,10,12-14H2,1-3H3,(H,29,30)(H,32,33)/t15-,17+/m0/s1. The highest BCUT2D eigenvalue weighted by Gasteiger charge is 2.35. The third kappa shape index (κ3) is 6.17. The fourth-order valence-corrected chi connectivity index (χ4v) is 5.13. The number of nitrogens with one attached hydrogen (secondary N) is 1. The molecule has 2 aromatic carbocycles. The van der Waals surface area contributed by atoms with Crippen LogP contribution in [0.15, 0.2) is 42.5 Å². The first-order chi connectivity index (χ1) is 16.4. The van der Waals surface area contributed by atoms with E-state index in [0.717, 1.165) is 24.8 Å². The summed E-state index contributed by atoms with van der Waals surface area (Å²) in [5.41, 5.74) is 2.18. The first-order valence-electron chi connectivity index (χ1n) is 11.4. The topological polar surface area (TPSA) is 85.6 Å². The van der Waals surface area contributed by atoms with E-state index in [9.17, 15) is 18.0 Å². The molecule has 10 heteroatoms. The zero-order chi connectivity index (χ0) is 25.4. The molecule has 1 heterocycles. The number of aliphatic carboxylic acids is 1. The Morgan fingerprint density at radius 2 is 1.86 bits per heavy atom. The Balaban J connectivity index is 1.70. The molecule has 3 aromatic rings. The molecular weight excluding hydrogens is 463 g/mol. The number of benzene rings is 2. The van der Waals surface area contributed by atoms with Gasteiger partial charge in [0.2, 0.25) is 5.95 Å². The van der Waals surface area contributed by atoms with Crippen molar-refractivity contribution in [1.29, 1.82) is 0 Å². The lowest BCUT2D eigenvalue weighted by Gasteiger charge is -2.40. The van der Waals surface area contributed by atoms with E-state index in [2.05, 4.69) is 35.4 Å². The SMILES string of the molecule is C[C@H]1C[C@@H](n2c(Nc3ccc(OC(F)(F)F)cc3)nc3cc(OCC(=O)O)ccc32)CC(C)(C)C1. The van der Waals surface area contributed by atoms with Gasteiger partial charge in [-0.25, -0.2) is 9.78 Å². The van der Waals surface area contributed by atoms with E-state index >= 15 is 0 Å². The van der Waals surface area contributed by atoms with Crippen LogP contribution in [0.5, 0.6) is 11.5 Å². The summed E-state index contributed by atoms with van der Waals surface area (Å²) in [6.45, 7) is 6.27. The van der Waals surface area contributed by atoms with E-state index in [4.69, 9.17) is 14.8 Å². The van der Waals surface area contributed by atoms with Crippen molar-refractivity contribution in [1.82, 2.24) is 9.55 Å². The van der Waals surface area contributed by atoms with Gasteiger partial charge in [-0.2, -0.15) is 0 Å². The van der Waals surface area contributed by atoms with Gasteiger partial charge in [-0.15, -0.1) is 13.2 Å². The van der Waals surface area contributed by atoms with Crippen molar-refractivity contribution in [2.24, 2.45) is 11.3 Å². The van der Waals surface area contributed by atoms with Gasteiger partial charge in [0.05, 0.1) is 11.0 Å². The number of fused-ring (bicyclic) bond motifs is 1. The minimum Gasteiger partial charge on any atom is -0.482 e. The summed E-state index contributed by atoms with van der Waals surface area (Å²) < 4.78 is 48.9. The number of nitrogens with zero attached hydrogens (tertiary/aromatic N) is 2. The molecule has 1 fully saturated rings. The molecule has 0 spiro atoms. The molecule has 0 saturated heterocycles. The Hall–Kier alpha value is -3.43. The van der Waals surface area contributed by atoms with Crippen molar-refractivity contribution in [3.8, 4) is 11.5 Å². The summed E-state index contributed by atoms with van der Waals surface area (Å²) >= 11 is 0. The largest absolute Gasteiger partial charge is 0.573 e. The average Bonchev–Trinajstić information content (AvgIpc) is 3.08. The molecule has 1 aliphatic carbocycles. The minimum absolute atomic E-state index is 0.136. The molecule has 7 nitrogen and oxygen atoms in total. The minimum atomic E-state index is -4.76. The highest BCUT2D eigenvalue weighted by atomic mass is 19.4. The zero-order valence-corrected chi connectivity index (χ0v) is 19.7. The third-order valence-corrected chi connectivity index (χ3v) is 6.10. The first-order valence-corrected chi connectivity index (χ1v) is 11.4. The summed E-state index contributed by atoms with van der Waals surface area (Å²) in [5, 5.41) is 12.1. The van der Waals surface area contributed by atoms with Gasteiger partial charge in [0.1, 0.15) is 11.5 Å². The molecule has 0 aliphatic heterocycles. The molecule has 2 atom stereocenters. The Morgan fingerprint density at radius 1 is 1.17 bits per heavy atom. The van der Waals surface area contributed by atoms with E-state index in [1.807, 2.05) is 6.07 Å². The van der Waals surface area contributed by atoms with Crippen LogP contribution in [-0.4, -0.2) is 33.6 Å². The van der Waals surface area contributed by atoms with E-state index in [0.29, 0.717) is 28.8 Å². The van der Waals surface area contributed by atoms with Crippen molar-refractivity contribution in [3.63, 3.8) is 0 Å². The Labute approximate surface area is 200 Å². The average molecular weight is 492 g/mol. The monoisotopic (exact) mass is 491 g/mol. The van der Waals surface area contributed by atoms with Crippen molar-refractivity contribution in [2.75, 3.05) is 11.9 Å². The number of carboxylic acid groups (broad SMARTS) is 1. The van der Waals surface area contributed by atoms with Gasteiger partial charge in [-0.3, -0.25) is 0 Å². The van der Waals surface area contributed by atoms with Crippen LogP contribution in [0.2, 0.25) is 0 Å². The first kappa shape index (κ1) is 24.7. The smallest absolute Gasteiger partial charge is 0.482 e. The fourth-order valence-electron chi connectivity index (χ4n) is 5.13. The number of ether oxygens (including phenoxy) is 2. The predicted molar refractivity (Wildman–Crippen MR) is 125 cm³/mol. The van der Waals surface area contributed by atoms with Gasteiger partial charge in [0, 0.05) is 17.8 Å². The quantitative estimate of drug-likeness (QED) is 0.391. The lowest BCUT2D eigenvalue weighted by molar-refractivity contribution is -0.274. The lowest BCUT2D eigenvalue weighted by atomic mass is 9.70. The van der Waals surface area contributed by atoms with Crippen LogP contribution in [0.4, 0.5) is 24.8 Å². The molecule has 1 aromatic heterocycles. The number of aromatic nitrogens is 2. The van der Waals surface area contributed by atoms with Gasteiger partial charge in [0.25, 0.3) is 0 Å². The third-order valence-electron chi connectivity index (χ3n) is 6.10. The van der Waals surface area contributed by atoms with Crippen molar-refractivity contribution < 1.29 is 32.5 Å². The number of halogens is 3. The zero-order valence-electron chi connectivity index (χ0n) is 19.7. The van der Waals surface area contributed by atoms with Gasteiger partial charge in [0.15, 0.2) is 6.61 Å². The molecule has 0 amide bonds. The lowest BCUT2D eigenvalue weighted by Crippen LogP contribution is -2.29. The molecule has 0 radical (unpaired) electrons. The molecule has 188 valence electrons. The molecule has 35 heavy (non-hydrogen) atoms. The Kier molecular flexibility index (Phi) is 6.57. The number of carbonyl (C=O) groups is 1. The van der Waals surface area contributed by atoms with Gasteiger partial charge in [-0.05, 0) is 67.0 Å². The number of rotatable bonds is 7. The maximum absolute atomic E-state index is 12.5. The number of imidazole rings is 1. The maximum atomic E-state index is 12.5. The van der Waals surface area contributed by atoms with Crippen LogP contribution in [0, 0.1) is 11.3 Å². The van der Waals surface area contributed by atoms with Crippen molar-refractivity contribution in [3.05, 3.63) is 42.5 Å². The second-order valence-electron chi connectivity index (χ2n) is 9.90. The summed E-state index contributed by atoms with van der Waals surface area (Å²) in [5.74, 6) is 0.0666. The van der Waals surface area contributed by atoms with Crippen molar-refractivity contribution >= 4 is 28.6 Å². The molecule has 2 N–H and O–H groups in total.